The molecule has 6 rings (SSSR count). The van der Waals surface area contributed by atoms with Gasteiger partial charge in [0.2, 0.25) is 0 Å². The molecule has 3 aliphatic heterocycles. The summed E-state index contributed by atoms with van der Waals surface area (Å²) in [4.78, 5) is 6.31. The molecule has 7 nitrogen and oxygen atoms in total. The van der Waals surface area contributed by atoms with Crippen LogP contribution in [-0.2, 0) is 0 Å². The van der Waals surface area contributed by atoms with E-state index in [-0.39, 0.29) is 43.0 Å². The summed E-state index contributed by atoms with van der Waals surface area (Å²) in [5.74, 6) is 3.09. The van der Waals surface area contributed by atoms with Gasteiger partial charge in [0.1, 0.15) is 12.2 Å². The summed E-state index contributed by atoms with van der Waals surface area (Å²) in [6, 6.07) is -0.974. The summed E-state index contributed by atoms with van der Waals surface area (Å²) < 4.78 is 40.0. The molecule has 3 heterocycles. The Balaban J connectivity index is 1.10. The first kappa shape index (κ1) is 31.2. The van der Waals surface area contributed by atoms with Gasteiger partial charge in [-0.15, -0.1) is 11.6 Å². The molecule has 0 aromatic heterocycles. The van der Waals surface area contributed by atoms with Gasteiger partial charge in [0.25, 0.3) is 0 Å². The smallest absolute Gasteiger partial charge is 0.338 e. The van der Waals surface area contributed by atoms with Crippen LogP contribution >= 0.6 is 11.6 Å². The Hall–Kier alpha value is -0.810. The molecule has 6 aliphatic rings. The average molecular weight is 616 g/mol. The lowest BCUT2D eigenvalue weighted by Crippen LogP contribution is -2.71. The van der Waals surface area contributed by atoms with Crippen LogP contribution in [0.25, 0.3) is 0 Å². The molecule has 0 bridgehead atoms. The fourth-order valence-electron chi connectivity index (χ4n) is 9.91. The molecule has 3 saturated heterocycles. The minimum absolute atomic E-state index is 0.0294. The number of hydrogen-bond donors (Lipinski definition) is 4. The minimum Gasteiger partial charge on any atom is -0.338 e. The van der Waals surface area contributed by atoms with Gasteiger partial charge in [-0.2, -0.15) is 13.2 Å². The van der Waals surface area contributed by atoms with Crippen molar-refractivity contribution in [2.24, 2.45) is 29.6 Å². The monoisotopic (exact) mass is 615 g/mol. The van der Waals surface area contributed by atoms with Gasteiger partial charge < -0.3 is 9.80 Å². The lowest BCUT2D eigenvalue weighted by atomic mass is 9.66. The molecular formula is C31H53ClF3N7. The Morgan fingerprint density at radius 1 is 0.833 bits per heavy atom. The van der Waals surface area contributed by atoms with Crippen molar-refractivity contribution in [2.45, 2.75) is 132 Å². The van der Waals surface area contributed by atoms with Crippen LogP contribution in [0.2, 0.25) is 0 Å². The highest BCUT2D eigenvalue weighted by molar-refractivity contribution is 6.20. The van der Waals surface area contributed by atoms with E-state index in [0.717, 1.165) is 38.6 Å². The van der Waals surface area contributed by atoms with E-state index >= 15 is 0 Å². The minimum atomic E-state index is -4.20. The number of halogens is 4. The first-order chi connectivity index (χ1) is 20.0. The highest BCUT2D eigenvalue weighted by atomic mass is 35.5. The zero-order valence-electron chi connectivity index (χ0n) is 25.7. The van der Waals surface area contributed by atoms with Crippen molar-refractivity contribution in [3.63, 3.8) is 0 Å². The molecule has 240 valence electrons. The van der Waals surface area contributed by atoms with Crippen molar-refractivity contribution < 1.29 is 13.2 Å². The Morgan fingerprint density at radius 2 is 1.48 bits per heavy atom. The lowest BCUT2D eigenvalue weighted by molar-refractivity contribution is -0.150. The highest BCUT2D eigenvalue weighted by Crippen LogP contribution is 2.45. The Kier molecular flexibility index (Phi) is 9.30. The SMILES string of the molecule is CC1NC(C2CCCCC2C2CCCCC2Cl)NC2C1N(C)C(=N)N2CC1CCC(C2NC(C(F)(F)F)CN2C)CC1. The molecule has 0 spiro atoms. The number of rotatable bonds is 5. The Bertz CT molecular complexity index is 946. The van der Waals surface area contributed by atoms with E-state index in [1.807, 2.05) is 11.9 Å². The number of nitrogens with one attached hydrogen (secondary N) is 4. The second kappa shape index (κ2) is 12.5. The van der Waals surface area contributed by atoms with Gasteiger partial charge in [-0.05, 0) is 94.9 Å². The van der Waals surface area contributed by atoms with Crippen molar-refractivity contribution in [3.05, 3.63) is 0 Å². The van der Waals surface area contributed by atoms with Gasteiger partial charge in [0, 0.05) is 31.6 Å². The van der Waals surface area contributed by atoms with Crippen LogP contribution in [-0.4, -0.2) is 96.0 Å². The second-order valence-electron chi connectivity index (χ2n) is 14.6. The molecule has 3 aliphatic carbocycles. The maximum absolute atomic E-state index is 13.3. The summed E-state index contributed by atoms with van der Waals surface area (Å²) in [6.07, 6.45) is 9.84. The van der Waals surface area contributed by atoms with Gasteiger partial charge >= 0.3 is 6.18 Å². The first-order valence-corrected chi connectivity index (χ1v) is 17.2. The fourth-order valence-corrected chi connectivity index (χ4v) is 10.4. The van der Waals surface area contributed by atoms with Crippen molar-refractivity contribution >= 4 is 17.6 Å². The van der Waals surface area contributed by atoms with Gasteiger partial charge in [-0.1, -0.05) is 25.7 Å². The third kappa shape index (κ3) is 6.05. The molecule has 42 heavy (non-hydrogen) atoms. The molecular weight excluding hydrogens is 563 g/mol. The Labute approximate surface area is 255 Å². The molecule has 10 unspecified atom stereocenters. The molecule has 10 atom stereocenters. The summed E-state index contributed by atoms with van der Waals surface area (Å²) in [5.41, 5.74) is 0. The van der Waals surface area contributed by atoms with Crippen LogP contribution in [0, 0.1) is 35.0 Å². The van der Waals surface area contributed by atoms with Gasteiger partial charge in [0.15, 0.2) is 5.96 Å². The normalized spacial score (nSPS) is 45.8. The van der Waals surface area contributed by atoms with Crippen LogP contribution in [0.3, 0.4) is 0 Å². The topological polar surface area (TPSA) is 69.7 Å². The van der Waals surface area contributed by atoms with E-state index in [9.17, 15) is 13.2 Å². The molecule has 11 heteroatoms. The lowest BCUT2D eigenvalue weighted by Gasteiger charge is -2.50. The maximum atomic E-state index is 13.3. The Morgan fingerprint density at radius 3 is 2.12 bits per heavy atom. The van der Waals surface area contributed by atoms with E-state index < -0.39 is 12.2 Å². The van der Waals surface area contributed by atoms with Crippen LogP contribution in [0.15, 0.2) is 0 Å². The van der Waals surface area contributed by atoms with Crippen LogP contribution < -0.4 is 16.0 Å². The van der Waals surface area contributed by atoms with Crippen molar-refractivity contribution in [2.75, 3.05) is 27.2 Å². The zero-order valence-corrected chi connectivity index (χ0v) is 26.4. The third-order valence-electron chi connectivity index (χ3n) is 12.1. The largest absolute Gasteiger partial charge is 0.405 e. The molecule has 0 aromatic carbocycles. The van der Waals surface area contributed by atoms with Gasteiger partial charge in [-0.25, -0.2) is 0 Å². The molecule has 0 amide bonds. The van der Waals surface area contributed by atoms with E-state index in [1.54, 1.807) is 0 Å². The first-order valence-electron chi connectivity index (χ1n) is 16.8. The van der Waals surface area contributed by atoms with E-state index in [4.69, 9.17) is 17.0 Å². The number of alkyl halides is 4. The number of likely N-dealkylation sites (N-methyl/N-ethyl adjacent to an activating group) is 2. The zero-order chi connectivity index (χ0) is 29.8. The summed E-state index contributed by atoms with van der Waals surface area (Å²) in [7, 11) is 3.87. The molecule has 6 fully saturated rings. The van der Waals surface area contributed by atoms with Gasteiger partial charge in [0.05, 0.1) is 18.4 Å². The van der Waals surface area contributed by atoms with E-state index in [2.05, 4.69) is 39.7 Å². The summed E-state index contributed by atoms with van der Waals surface area (Å²) in [6.45, 7) is 3.15. The maximum Gasteiger partial charge on any atom is 0.405 e. The predicted molar refractivity (Wildman–Crippen MR) is 161 cm³/mol. The quantitative estimate of drug-likeness (QED) is 0.328. The van der Waals surface area contributed by atoms with Crippen LogP contribution in [0.1, 0.15) is 84.0 Å². The molecule has 4 N–H and O–H groups in total. The number of guanidine groups is 1. The van der Waals surface area contributed by atoms with Crippen LogP contribution in [0.5, 0.6) is 0 Å². The molecule has 0 radical (unpaired) electrons. The fraction of sp³-hybridized carbons (Fsp3) is 0.968. The molecule has 3 saturated carbocycles. The summed E-state index contributed by atoms with van der Waals surface area (Å²) >= 11 is 6.95. The standard InChI is InChI=1S/C31H53ClF3N7/c1-18-26-29(39-27(37-18)23-10-5-4-8-21(23)22-9-6-7-11-24(22)32)42(30(36)41(26)3)16-19-12-14-20(15-13-19)28-38-25(17-40(28)2)31(33,34)35/h18-29,36-39H,4-17H2,1-3H3. The summed E-state index contributed by atoms with van der Waals surface area (Å²) in [5, 5.41) is 20.3. The third-order valence-corrected chi connectivity index (χ3v) is 12.6. The van der Waals surface area contributed by atoms with E-state index in [0.29, 0.717) is 35.0 Å². The second-order valence-corrected chi connectivity index (χ2v) is 15.2. The predicted octanol–water partition coefficient (Wildman–Crippen LogP) is 4.97. The number of fused-ring (bicyclic) bond motifs is 1. The van der Waals surface area contributed by atoms with E-state index in [1.165, 1.54) is 44.9 Å². The highest BCUT2D eigenvalue weighted by Gasteiger charge is 2.52. The van der Waals surface area contributed by atoms with Crippen molar-refractivity contribution in [3.8, 4) is 0 Å². The number of hydrogen-bond acceptors (Lipinski definition) is 5. The van der Waals surface area contributed by atoms with Crippen molar-refractivity contribution in [1.82, 2.24) is 30.7 Å². The van der Waals surface area contributed by atoms with Crippen LogP contribution in [0.4, 0.5) is 13.2 Å². The number of nitrogens with zero attached hydrogens (tertiary/aromatic N) is 3. The van der Waals surface area contributed by atoms with Crippen molar-refractivity contribution in [1.29, 1.82) is 5.41 Å². The molecule has 0 aromatic rings. The van der Waals surface area contributed by atoms with Gasteiger partial charge in [-0.3, -0.25) is 26.3 Å². The average Bonchev–Trinajstić information content (AvgIpc) is 3.47.